The number of aliphatic hydroxyl groups is 1. The van der Waals surface area contributed by atoms with E-state index in [0.717, 1.165) is 0 Å². The quantitative estimate of drug-likeness (QED) is 0.0618. The number of fused-ring (bicyclic) bond motifs is 2. The van der Waals surface area contributed by atoms with Crippen molar-refractivity contribution in [3.63, 3.8) is 0 Å². The zero-order valence-electron chi connectivity index (χ0n) is 37.5. The van der Waals surface area contributed by atoms with Crippen LogP contribution in [0, 0.1) is 23.3 Å². The molecule has 0 saturated heterocycles. The van der Waals surface area contributed by atoms with Crippen LogP contribution in [0.15, 0.2) is 110 Å². The molecule has 17 nitrogen and oxygen atoms in total. The van der Waals surface area contributed by atoms with E-state index in [-0.39, 0.29) is 52.0 Å². The molecule has 0 radical (unpaired) electrons. The highest BCUT2D eigenvalue weighted by atomic mass is 19.1. The first-order valence-corrected chi connectivity index (χ1v) is 21.0. The maximum Gasteiger partial charge on any atom is 0.220 e. The molecule has 8 aromatic heterocycles. The van der Waals surface area contributed by atoms with Crippen molar-refractivity contribution in [3.8, 4) is 44.8 Å². The number of anilines is 2. The van der Waals surface area contributed by atoms with Crippen LogP contribution in [0.2, 0.25) is 0 Å². The topological polar surface area (TPSA) is 235 Å². The summed E-state index contributed by atoms with van der Waals surface area (Å²) in [6, 6.07) is 14.7. The Morgan fingerprint density at radius 3 is 1.59 bits per heavy atom. The molecule has 21 heteroatoms. The minimum Gasteiger partial charge on any atom is -0.379 e. The predicted molar refractivity (Wildman–Crippen MR) is 248 cm³/mol. The fourth-order valence-corrected chi connectivity index (χ4v) is 7.95. The van der Waals surface area contributed by atoms with Gasteiger partial charge in [0.25, 0.3) is 0 Å². The van der Waals surface area contributed by atoms with Crippen LogP contribution >= 0.6 is 0 Å². The van der Waals surface area contributed by atoms with E-state index >= 15 is 8.78 Å². The Morgan fingerprint density at radius 1 is 0.638 bits per heavy atom. The van der Waals surface area contributed by atoms with Crippen molar-refractivity contribution in [3.05, 3.63) is 156 Å². The largest absolute Gasteiger partial charge is 0.379 e. The lowest BCUT2D eigenvalue weighted by atomic mass is 9.91. The van der Waals surface area contributed by atoms with Crippen LogP contribution in [-0.4, -0.2) is 78.4 Å². The third-order valence-electron chi connectivity index (χ3n) is 11.6. The average Bonchev–Trinajstić information content (AvgIpc) is 4.16. The number of nitrogen functional groups attached to an aromatic ring is 2. The van der Waals surface area contributed by atoms with Gasteiger partial charge in [-0.05, 0) is 61.4 Å². The molecule has 0 aliphatic rings. The molecule has 2 aromatic carbocycles. The Hall–Kier alpha value is -8.40. The number of pyridine rings is 2. The Labute approximate surface area is 389 Å². The van der Waals surface area contributed by atoms with E-state index in [9.17, 15) is 13.9 Å². The Kier molecular flexibility index (Phi) is 11.9. The van der Waals surface area contributed by atoms with E-state index < -0.39 is 34.5 Å². The van der Waals surface area contributed by atoms with Crippen molar-refractivity contribution in [1.82, 2.24) is 59.4 Å². The number of nitrogens with zero attached hydrogens (tertiary/aromatic N) is 10. The second-order valence-electron chi connectivity index (χ2n) is 16.3. The molecule has 10 aromatic rings. The van der Waals surface area contributed by atoms with E-state index in [1.54, 1.807) is 91.8 Å². The number of ether oxygens (including phenoxy) is 2. The lowest BCUT2D eigenvalue weighted by Crippen LogP contribution is -2.30. The normalized spacial score (nSPS) is 13.3. The van der Waals surface area contributed by atoms with Gasteiger partial charge in [0.2, 0.25) is 11.9 Å². The van der Waals surface area contributed by atoms with E-state index in [2.05, 4.69) is 50.1 Å². The summed E-state index contributed by atoms with van der Waals surface area (Å²) in [5.74, 6) is -2.09. The van der Waals surface area contributed by atoms with Gasteiger partial charge < -0.3 is 36.0 Å². The fraction of sp³-hybridized carbons (Fsp3) is 0.167. The van der Waals surface area contributed by atoms with E-state index in [4.69, 9.17) is 20.9 Å². The number of aromatic amines is 2. The van der Waals surface area contributed by atoms with Gasteiger partial charge in [0, 0.05) is 91.8 Å². The van der Waals surface area contributed by atoms with Gasteiger partial charge >= 0.3 is 0 Å². The van der Waals surface area contributed by atoms with E-state index in [0.29, 0.717) is 56.1 Å². The zero-order valence-corrected chi connectivity index (χ0v) is 37.5. The highest BCUT2D eigenvalue weighted by Gasteiger charge is 2.34. The van der Waals surface area contributed by atoms with Gasteiger partial charge in [-0.3, -0.25) is 9.36 Å². The molecule has 2 unspecified atom stereocenters. The Bertz CT molecular complexity index is 3530. The first-order chi connectivity index (χ1) is 33.0. The number of hydrogen-bond donors (Lipinski definition) is 5. The summed E-state index contributed by atoms with van der Waals surface area (Å²) < 4.78 is 73.6. The third-order valence-corrected chi connectivity index (χ3v) is 11.6. The van der Waals surface area contributed by atoms with Crippen LogP contribution in [-0.2, 0) is 34.8 Å². The molecule has 0 spiro atoms. The summed E-state index contributed by atoms with van der Waals surface area (Å²) in [5, 5.41) is 19.8. The summed E-state index contributed by atoms with van der Waals surface area (Å²) in [4.78, 5) is 31.8. The summed E-state index contributed by atoms with van der Waals surface area (Å²) in [7, 11) is 4.97. The number of benzene rings is 2. The number of nitrogens with two attached hydrogens (primary N) is 2. The molecular weight excluding hydrogens is 897 g/mol. The molecular formula is C48H42F4N14O3. The number of aryl methyl sites for hydroxylation is 2. The Balaban J connectivity index is 0.000000172. The second kappa shape index (κ2) is 18.0. The standard InChI is InChI=1S/C25H23F2N7O2.C23H19F2N7O/c1-25(36-13-35-3,15-5-4-6-16(26)7-15)20-8-19(32-24(28)33-20)18-11-30-23-21(18)22(27)17(10-29-23)14-9-31-34(2)12-14;1-23(33,13-4-3-5-14(24)6-13)18-7-17(30-22(26)31-18)16-10-28-21-19(16)20(25)15(9-27-21)12-8-29-32(2)11-12/h4-12H,13H2,1-3H3,(H,29,30)(H2,28,32,33);3-11,33H,1-2H3,(H,27,28)(H2,26,30,31). The molecule has 8 heterocycles. The fourth-order valence-electron chi connectivity index (χ4n) is 7.95. The third kappa shape index (κ3) is 8.72. The van der Waals surface area contributed by atoms with Crippen molar-refractivity contribution in [2.24, 2.45) is 14.1 Å². The van der Waals surface area contributed by atoms with Crippen molar-refractivity contribution in [1.29, 1.82) is 0 Å². The average molecular weight is 939 g/mol. The smallest absolute Gasteiger partial charge is 0.220 e. The number of H-pyrrole nitrogens is 2. The molecule has 0 amide bonds. The number of rotatable bonds is 11. The number of aromatic nitrogens is 12. The van der Waals surface area contributed by atoms with Crippen LogP contribution < -0.4 is 11.5 Å². The maximum atomic E-state index is 15.8. The maximum absolute atomic E-state index is 15.8. The van der Waals surface area contributed by atoms with Crippen LogP contribution in [0.4, 0.5) is 29.5 Å². The predicted octanol–water partition coefficient (Wildman–Crippen LogP) is 7.70. The van der Waals surface area contributed by atoms with Gasteiger partial charge in [-0.25, -0.2) is 47.5 Å². The summed E-state index contributed by atoms with van der Waals surface area (Å²) in [5.41, 5.74) is 14.3. The molecule has 0 aliphatic carbocycles. The minimum absolute atomic E-state index is 0.0581. The molecule has 10 rings (SSSR count). The first-order valence-electron chi connectivity index (χ1n) is 21.0. The highest BCUT2D eigenvalue weighted by Crippen LogP contribution is 2.39. The van der Waals surface area contributed by atoms with Gasteiger partial charge in [-0.15, -0.1) is 0 Å². The van der Waals surface area contributed by atoms with Crippen LogP contribution in [0.5, 0.6) is 0 Å². The molecule has 0 fully saturated rings. The molecule has 2 atom stereocenters. The number of hydrogen-bond acceptors (Lipinski definition) is 13. The van der Waals surface area contributed by atoms with Crippen LogP contribution in [0.1, 0.15) is 36.4 Å². The van der Waals surface area contributed by atoms with Crippen molar-refractivity contribution >= 4 is 34.0 Å². The van der Waals surface area contributed by atoms with Crippen molar-refractivity contribution in [2.75, 3.05) is 25.4 Å². The SMILES string of the molecule is COCOC(C)(c1cccc(F)c1)c1cc(-c2c[nH]c3ncc(-c4cnn(C)c4)c(F)c23)nc(N)n1.Cn1cc(-c2cnc3[nH]cc(-c4cc(C(C)(O)c5cccc(F)c5)nc(N)n4)c3c2F)cn1. The van der Waals surface area contributed by atoms with Gasteiger partial charge in [-0.2, -0.15) is 10.2 Å². The van der Waals surface area contributed by atoms with E-state index in [1.165, 1.54) is 62.8 Å². The lowest BCUT2D eigenvalue weighted by Gasteiger charge is -2.30. The van der Waals surface area contributed by atoms with Gasteiger partial charge in [0.05, 0.1) is 45.9 Å². The second-order valence-corrected chi connectivity index (χ2v) is 16.3. The molecule has 69 heavy (non-hydrogen) atoms. The number of halogens is 4. The Morgan fingerprint density at radius 2 is 1.12 bits per heavy atom. The highest BCUT2D eigenvalue weighted by molar-refractivity contribution is 5.97. The lowest BCUT2D eigenvalue weighted by molar-refractivity contribution is -0.109. The van der Waals surface area contributed by atoms with Crippen molar-refractivity contribution < 1.29 is 32.1 Å². The summed E-state index contributed by atoms with van der Waals surface area (Å²) >= 11 is 0. The van der Waals surface area contributed by atoms with Crippen LogP contribution in [0.3, 0.4) is 0 Å². The van der Waals surface area contributed by atoms with Gasteiger partial charge in [-0.1, -0.05) is 24.3 Å². The van der Waals surface area contributed by atoms with Gasteiger partial charge in [0.1, 0.15) is 52.6 Å². The molecule has 0 bridgehead atoms. The van der Waals surface area contributed by atoms with Crippen LogP contribution in [0.25, 0.3) is 66.8 Å². The molecule has 0 aliphatic heterocycles. The van der Waals surface area contributed by atoms with Gasteiger partial charge in [0.15, 0.2) is 0 Å². The number of methoxy groups -OCH3 is 1. The zero-order chi connectivity index (χ0) is 48.8. The minimum atomic E-state index is -1.67. The molecule has 7 N–H and O–H groups in total. The monoisotopic (exact) mass is 938 g/mol. The van der Waals surface area contributed by atoms with E-state index in [1.807, 2.05) is 0 Å². The summed E-state index contributed by atoms with van der Waals surface area (Å²) in [6.07, 6.45) is 12.6. The molecule has 350 valence electrons. The summed E-state index contributed by atoms with van der Waals surface area (Å²) in [6.45, 7) is 3.11. The van der Waals surface area contributed by atoms with Crippen molar-refractivity contribution in [2.45, 2.75) is 25.0 Å². The first kappa shape index (κ1) is 45.7. The number of nitrogens with one attached hydrogen (secondary N) is 2. The molecule has 0 saturated carbocycles.